The van der Waals surface area contributed by atoms with Crippen molar-refractivity contribution in [3.8, 4) is 17.1 Å². The number of anilines is 1. The van der Waals surface area contributed by atoms with Crippen molar-refractivity contribution in [1.82, 2.24) is 15.0 Å². The summed E-state index contributed by atoms with van der Waals surface area (Å²) in [7, 11) is 3.48. The Bertz CT molecular complexity index is 630. The molecule has 2 aromatic heterocycles. The maximum atomic E-state index is 5.10. The van der Waals surface area contributed by atoms with Gasteiger partial charge in [-0.2, -0.15) is 0 Å². The number of hydrogen-bond donors (Lipinski definition) is 1. The molecule has 0 saturated carbocycles. The molecule has 1 N–H and O–H groups in total. The van der Waals surface area contributed by atoms with Crippen molar-refractivity contribution in [3.05, 3.63) is 29.7 Å². The van der Waals surface area contributed by atoms with Crippen molar-refractivity contribution in [2.45, 2.75) is 33.1 Å². The molecule has 0 saturated heterocycles. The second kappa shape index (κ2) is 5.68. The first-order chi connectivity index (χ1) is 9.86. The van der Waals surface area contributed by atoms with Gasteiger partial charge in [0, 0.05) is 35.9 Å². The van der Waals surface area contributed by atoms with Crippen molar-refractivity contribution in [3.63, 3.8) is 0 Å². The fraction of sp³-hybridized carbons (Fsp3) is 0.438. The fourth-order valence-electron chi connectivity index (χ4n) is 2.02. The summed E-state index contributed by atoms with van der Waals surface area (Å²) in [4.78, 5) is 13.6. The van der Waals surface area contributed by atoms with Gasteiger partial charge in [0.15, 0.2) is 0 Å². The van der Waals surface area contributed by atoms with Gasteiger partial charge in [0.25, 0.3) is 0 Å². The monoisotopic (exact) mass is 286 g/mol. The fourth-order valence-corrected chi connectivity index (χ4v) is 2.02. The molecule has 0 radical (unpaired) electrons. The quantitative estimate of drug-likeness (QED) is 0.939. The zero-order valence-corrected chi connectivity index (χ0v) is 13.5. The molecule has 21 heavy (non-hydrogen) atoms. The lowest BCUT2D eigenvalue weighted by Gasteiger charge is -2.20. The maximum Gasteiger partial charge on any atom is 0.212 e. The lowest BCUT2D eigenvalue weighted by Crippen LogP contribution is -2.18. The maximum absolute atomic E-state index is 5.10. The van der Waals surface area contributed by atoms with Crippen LogP contribution in [-0.4, -0.2) is 29.1 Å². The molecular weight excluding hydrogens is 264 g/mol. The number of ether oxygens (including phenoxy) is 1. The Kier molecular flexibility index (Phi) is 4.11. The molecule has 2 aromatic rings. The SMILES string of the molecule is CNc1nc(C(C)(C)C)nc(-c2ccc(OC)nc2)c1C. The topological polar surface area (TPSA) is 59.9 Å². The third-order valence-corrected chi connectivity index (χ3v) is 3.27. The van der Waals surface area contributed by atoms with Crippen molar-refractivity contribution < 1.29 is 4.74 Å². The number of aromatic nitrogens is 3. The normalized spacial score (nSPS) is 11.3. The summed E-state index contributed by atoms with van der Waals surface area (Å²) < 4.78 is 5.10. The smallest absolute Gasteiger partial charge is 0.212 e. The second-order valence-electron chi connectivity index (χ2n) is 5.96. The number of rotatable bonds is 3. The number of methoxy groups -OCH3 is 1. The van der Waals surface area contributed by atoms with Crippen LogP contribution in [0, 0.1) is 6.92 Å². The molecule has 0 spiro atoms. The Balaban J connectivity index is 2.60. The summed E-state index contributed by atoms with van der Waals surface area (Å²) >= 11 is 0. The molecule has 2 rings (SSSR count). The molecule has 0 fully saturated rings. The molecule has 0 aliphatic carbocycles. The molecule has 0 bridgehead atoms. The van der Waals surface area contributed by atoms with Crippen LogP contribution in [0.15, 0.2) is 18.3 Å². The molecule has 2 heterocycles. The van der Waals surface area contributed by atoms with Gasteiger partial charge in [-0.05, 0) is 13.0 Å². The van der Waals surface area contributed by atoms with Crippen molar-refractivity contribution in [1.29, 1.82) is 0 Å². The van der Waals surface area contributed by atoms with E-state index in [1.807, 2.05) is 26.1 Å². The van der Waals surface area contributed by atoms with Gasteiger partial charge in [-0.25, -0.2) is 15.0 Å². The molecule has 5 heteroatoms. The highest BCUT2D eigenvalue weighted by molar-refractivity contribution is 5.67. The largest absolute Gasteiger partial charge is 0.481 e. The van der Waals surface area contributed by atoms with E-state index in [9.17, 15) is 0 Å². The minimum absolute atomic E-state index is 0.117. The summed E-state index contributed by atoms with van der Waals surface area (Å²) in [5.74, 6) is 2.25. The predicted molar refractivity (Wildman–Crippen MR) is 84.8 cm³/mol. The number of hydrogen-bond acceptors (Lipinski definition) is 5. The van der Waals surface area contributed by atoms with Gasteiger partial charge in [0.2, 0.25) is 5.88 Å². The van der Waals surface area contributed by atoms with Crippen molar-refractivity contribution in [2.24, 2.45) is 0 Å². The highest BCUT2D eigenvalue weighted by Gasteiger charge is 2.21. The highest BCUT2D eigenvalue weighted by atomic mass is 16.5. The third-order valence-electron chi connectivity index (χ3n) is 3.27. The number of pyridine rings is 1. The van der Waals surface area contributed by atoms with Crippen LogP contribution >= 0.6 is 0 Å². The molecule has 0 aromatic carbocycles. The molecule has 0 amide bonds. The Labute approximate surface area is 125 Å². The van der Waals surface area contributed by atoms with E-state index in [0.29, 0.717) is 5.88 Å². The molecule has 5 nitrogen and oxygen atoms in total. The summed E-state index contributed by atoms with van der Waals surface area (Å²) in [6.45, 7) is 8.32. The second-order valence-corrected chi connectivity index (χ2v) is 5.96. The molecule has 0 atom stereocenters. The first kappa shape index (κ1) is 15.2. The first-order valence-corrected chi connectivity index (χ1v) is 6.94. The van der Waals surface area contributed by atoms with Gasteiger partial charge in [0.1, 0.15) is 11.6 Å². The standard InChI is InChI=1S/C16H22N4O/c1-10-13(11-7-8-12(21-6)18-9-11)19-15(16(2,3)4)20-14(10)17-5/h7-9H,1-6H3,(H,17,19,20). The molecular formula is C16H22N4O. The number of nitrogens with one attached hydrogen (secondary N) is 1. The lowest BCUT2D eigenvalue weighted by molar-refractivity contribution is 0.398. The Morgan fingerprint density at radius 1 is 1.14 bits per heavy atom. The van der Waals surface area contributed by atoms with Crippen molar-refractivity contribution in [2.75, 3.05) is 19.5 Å². The summed E-state index contributed by atoms with van der Waals surface area (Å²) in [5, 5.41) is 3.14. The van der Waals surface area contributed by atoms with Gasteiger partial charge in [0.05, 0.1) is 12.8 Å². The van der Waals surface area contributed by atoms with E-state index >= 15 is 0 Å². The zero-order chi connectivity index (χ0) is 15.6. The van der Waals surface area contributed by atoms with E-state index in [-0.39, 0.29) is 5.41 Å². The Morgan fingerprint density at radius 3 is 2.33 bits per heavy atom. The lowest BCUT2D eigenvalue weighted by atomic mass is 9.95. The average molecular weight is 286 g/mol. The molecule has 0 aliphatic rings. The van der Waals surface area contributed by atoms with Crippen LogP contribution in [0.1, 0.15) is 32.2 Å². The first-order valence-electron chi connectivity index (χ1n) is 6.94. The van der Waals surface area contributed by atoms with Crippen LogP contribution in [0.3, 0.4) is 0 Å². The van der Waals surface area contributed by atoms with E-state index in [2.05, 4.69) is 36.1 Å². The number of nitrogens with zero attached hydrogens (tertiary/aromatic N) is 3. The molecule has 112 valence electrons. The minimum Gasteiger partial charge on any atom is -0.481 e. The van der Waals surface area contributed by atoms with Gasteiger partial charge in [-0.15, -0.1) is 0 Å². The van der Waals surface area contributed by atoms with Crippen LogP contribution in [0.5, 0.6) is 5.88 Å². The Hall–Kier alpha value is -2.17. The van der Waals surface area contributed by atoms with E-state index in [1.54, 1.807) is 13.3 Å². The van der Waals surface area contributed by atoms with E-state index in [4.69, 9.17) is 9.72 Å². The highest BCUT2D eigenvalue weighted by Crippen LogP contribution is 2.29. The van der Waals surface area contributed by atoms with Gasteiger partial charge < -0.3 is 10.1 Å². The van der Waals surface area contributed by atoms with Gasteiger partial charge in [-0.3, -0.25) is 0 Å². The third kappa shape index (κ3) is 3.12. The van der Waals surface area contributed by atoms with Crippen LogP contribution in [0.4, 0.5) is 5.82 Å². The van der Waals surface area contributed by atoms with E-state index < -0.39 is 0 Å². The van der Waals surface area contributed by atoms with Gasteiger partial charge >= 0.3 is 0 Å². The summed E-state index contributed by atoms with van der Waals surface area (Å²) in [6.07, 6.45) is 1.78. The average Bonchev–Trinajstić information content (AvgIpc) is 2.46. The van der Waals surface area contributed by atoms with Gasteiger partial charge in [-0.1, -0.05) is 20.8 Å². The molecule has 0 aliphatic heterocycles. The van der Waals surface area contributed by atoms with E-state index in [0.717, 1.165) is 28.5 Å². The van der Waals surface area contributed by atoms with Crippen LogP contribution in [0.2, 0.25) is 0 Å². The zero-order valence-electron chi connectivity index (χ0n) is 13.5. The van der Waals surface area contributed by atoms with Crippen LogP contribution in [0.25, 0.3) is 11.3 Å². The Morgan fingerprint density at radius 2 is 1.86 bits per heavy atom. The predicted octanol–water partition coefficient (Wildman–Crippen LogP) is 3.19. The summed E-state index contributed by atoms with van der Waals surface area (Å²) in [5.41, 5.74) is 2.75. The van der Waals surface area contributed by atoms with Crippen molar-refractivity contribution >= 4 is 5.82 Å². The van der Waals surface area contributed by atoms with E-state index in [1.165, 1.54) is 0 Å². The molecule has 0 unspecified atom stereocenters. The minimum atomic E-state index is -0.117. The summed E-state index contributed by atoms with van der Waals surface area (Å²) in [6, 6.07) is 3.81. The van der Waals surface area contributed by atoms with Crippen LogP contribution in [-0.2, 0) is 5.41 Å². The van der Waals surface area contributed by atoms with Crippen LogP contribution < -0.4 is 10.1 Å².